The molecule has 1 aromatic carbocycles. The number of aryl methyl sites for hydroxylation is 2. The second kappa shape index (κ2) is 8.19. The van der Waals surface area contributed by atoms with Gasteiger partial charge in [0.2, 0.25) is 15.8 Å². The lowest BCUT2D eigenvalue weighted by molar-refractivity contribution is -0.895. The van der Waals surface area contributed by atoms with Crippen molar-refractivity contribution in [3.63, 3.8) is 0 Å². The molecule has 152 valence electrons. The number of sulfonamides is 1. The van der Waals surface area contributed by atoms with Gasteiger partial charge in [0, 0.05) is 23.5 Å². The molecule has 0 spiro atoms. The Hall–Kier alpha value is -1.96. The molecule has 1 fully saturated rings. The van der Waals surface area contributed by atoms with Gasteiger partial charge in [0.1, 0.15) is 6.54 Å². The van der Waals surface area contributed by atoms with Gasteiger partial charge in [-0.2, -0.15) is 4.31 Å². The Kier molecular flexibility index (Phi) is 6.07. The van der Waals surface area contributed by atoms with Gasteiger partial charge in [-0.05, 0) is 45.9 Å². The average Bonchev–Trinajstić information content (AvgIpc) is 2.96. The summed E-state index contributed by atoms with van der Waals surface area (Å²) in [5.41, 5.74) is 3.95. The van der Waals surface area contributed by atoms with Crippen molar-refractivity contribution in [2.45, 2.75) is 39.1 Å². The van der Waals surface area contributed by atoms with E-state index in [-0.39, 0.29) is 5.78 Å². The second-order valence-corrected chi connectivity index (χ2v) is 9.53. The van der Waals surface area contributed by atoms with E-state index >= 15 is 0 Å². The van der Waals surface area contributed by atoms with E-state index < -0.39 is 10.0 Å². The van der Waals surface area contributed by atoms with Crippen LogP contribution in [0.2, 0.25) is 0 Å². The van der Waals surface area contributed by atoms with E-state index in [2.05, 4.69) is 11.5 Å². The summed E-state index contributed by atoms with van der Waals surface area (Å²) in [6.07, 6.45) is 0. The molecule has 0 unspecified atom stereocenters. The third-order valence-corrected chi connectivity index (χ3v) is 7.60. The molecule has 2 aromatic rings. The third-order valence-electron chi connectivity index (χ3n) is 5.69. The first-order valence-electron chi connectivity index (χ1n) is 9.84. The number of nitrogens with zero attached hydrogens (tertiary/aromatic N) is 2. The highest BCUT2D eigenvalue weighted by Crippen LogP contribution is 2.17. The van der Waals surface area contributed by atoms with Crippen molar-refractivity contribution < 1.29 is 18.1 Å². The third kappa shape index (κ3) is 4.06. The minimum absolute atomic E-state index is 0.137. The molecule has 2 heterocycles. The first-order chi connectivity index (χ1) is 13.2. The maximum absolute atomic E-state index is 12.8. The van der Waals surface area contributed by atoms with E-state index in [0.29, 0.717) is 37.6 Å². The molecule has 28 heavy (non-hydrogen) atoms. The highest BCUT2D eigenvalue weighted by molar-refractivity contribution is 7.89. The van der Waals surface area contributed by atoms with Gasteiger partial charge in [-0.1, -0.05) is 17.7 Å². The first kappa shape index (κ1) is 20.8. The number of benzene rings is 1. The van der Waals surface area contributed by atoms with Crippen LogP contribution in [-0.4, -0.2) is 55.8 Å². The number of hydrogen-bond acceptors (Lipinski definition) is 3. The Bertz CT molecular complexity index is 954. The predicted octanol–water partition coefficient (Wildman–Crippen LogP) is 1.21. The maximum atomic E-state index is 12.8. The minimum Gasteiger partial charge on any atom is -0.349 e. The molecule has 0 bridgehead atoms. The molecule has 0 radical (unpaired) electrons. The second-order valence-electron chi connectivity index (χ2n) is 7.60. The summed E-state index contributed by atoms with van der Waals surface area (Å²) in [5, 5.41) is 0. The quantitative estimate of drug-likeness (QED) is 0.736. The van der Waals surface area contributed by atoms with Gasteiger partial charge < -0.3 is 9.47 Å². The average molecular weight is 405 g/mol. The summed E-state index contributed by atoms with van der Waals surface area (Å²) in [6, 6.07) is 8.94. The van der Waals surface area contributed by atoms with Gasteiger partial charge in [0.05, 0.1) is 31.1 Å². The van der Waals surface area contributed by atoms with E-state index in [9.17, 15) is 13.2 Å². The number of aromatic nitrogens is 1. The lowest BCUT2D eigenvalue weighted by Gasteiger charge is -2.31. The largest absolute Gasteiger partial charge is 0.349 e. The Morgan fingerprint density at radius 3 is 2.21 bits per heavy atom. The lowest BCUT2D eigenvalue weighted by Crippen LogP contribution is -3.15. The van der Waals surface area contributed by atoms with E-state index in [0.717, 1.165) is 34.0 Å². The summed E-state index contributed by atoms with van der Waals surface area (Å²) in [4.78, 5) is 14.3. The molecule has 0 atom stereocenters. The van der Waals surface area contributed by atoms with Crippen LogP contribution in [0.1, 0.15) is 34.2 Å². The van der Waals surface area contributed by atoms with Gasteiger partial charge in [0.25, 0.3) is 0 Å². The van der Waals surface area contributed by atoms with E-state index in [1.165, 1.54) is 4.31 Å². The zero-order valence-corrected chi connectivity index (χ0v) is 18.0. The van der Waals surface area contributed by atoms with Crippen molar-refractivity contribution in [2.24, 2.45) is 0 Å². The number of carbonyl (C=O) groups excluding carboxylic acids is 1. The number of ketones is 1. The Balaban J connectivity index is 1.62. The van der Waals surface area contributed by atoms with Crippen molar-refractivity contribution in [3.05, 3.63) is 52.8 Å². The lowest BCUT2D eigenvalue weighted by atomic mass is 10.1. The van der Waals surface area contributed by atoms with Gasteiger partial charge in [-0.25, -0.2) is 8.42 Å². The molecule has 6 nitrogen and oxygen atoms in total. The topological polar surface area (TPSA) is 63.8 Å². The summed E-state index contributed by atoms with van der Waals surface area (Å²) in [7, 11) is -3.46. The molecule has 1 N–H and O–H groups in total. The molecule has 1 aliphatic rings. The van der Waals surface area contributed by atoms with Crippen LogP contribution in [0.5, 0.6) is 0 Å². The number of hydrogen-bond donors (Lipinski definition) is 1. The molecule has 1 aliphatic heterocycles. The summed E-state index contributed by atoms with van der Waals surface area (Å²) < 4.78 is 29.3. The zero-order valence-electron chi connectivity index (χ0n) is 17.2. The summed E-state index contributed by atoms with van der Waals surface area (Å²) in [5.74, 6) is 0.137. The highest BCUT2D eigenvalue weighted by Gasteiger charge is 2.31. The molecule has 0 saturated carbocycles. The van der Waals surface area contributed by atoms with E-state index in [1.54, 1.807) is 12.1 Å². The van der Waals surface area contributed by atoms with Crippen LogP contribution < -0.4 is 4.90 Å². The van der Waals surface area contributed by atoms with E-state index in [4.69, 9.17) is 0 Å². The standard InChI is InChI=1S/C21H29N3O3S/c1-5-24-17(3)14-20(18(24)4)21(25)15-22-10-12-23(13-11-22)28(26,27)19-8-6-16(2)7-9-19/h6-9,14H,5,10-13,15H2,1-4H3/p+1. The summed E-state index contributed by atoms with van der Waals surface area (Å²) in [6.45, 7) is 11.5. The SMILES string of the molecule is CCn1c(C)cc(C(=O)C[NH+]2CCN(S(=O)(=O)c3ccc(C)cc3)CC2)c1C. The molecule has 7 heteroatoms. The van der Waals surface area contributed by atoms with Gasteiger partial charge >= 0.3 is 0 Å². The first-order valence-corrected chi connectivity index (χ1v) is 11.3. The fourth-order valence-corrected chi connectivity index (χ4v) is 5.41. The van der Waals surface area contributed by atoms with Crippen LogP contribution in [0, 0.1) is 20.8 Å². The Morgan fingerprint density at radius 1 is 1.07 bits per heavy atom. The molecule has 0 aliphatic carbocycles. The number of nitrogens with one attached hydrogen (secondary N) is 1. The van der Waals surface area contributed by atoms with E-state index in [1.807, 2.05) is 39.0 Å². The number of piperazine rings is 1. The zero-order chi connectivity index (χ0) is 20.5. The number of rotatable bonds is 6. The maximum Gasteiger partial charge on any atom is 0.243 e. The van der Waals surface area contributed by atoms with Gasteiger partial charge in [0.15, 0.2) is 0 Å². The van der Waals surface area contributed by atoms with Crippen LogP contribution in [0.4, 0.5) is 0 Å². The van der Waals surface area contributed by atoms with Crippen LogP contribution in [0.25, 0.3) is 0 Å². The van der Waals surface area contributed by atoms with Crippen molar-refractivity contribution >= 4 is 15.8 Å². The molecule has 1 aromatic heterocycles. The summed E-state index contributed by atoms with van der Waals surface area (Å²) >= 11 is 0. The fraction of sp³-hybridized carbons (Fsp3) is 0.476. The highest BCUT2D eigenvalue weighted by atomic mass is 32.2. The molecular formula is C21H30N3O3S+. The normalized spacial score (nSPS) is 16.4. The molecular weight excluding hydrogens is 374 g/mol. The predicted molar refractivity (Wildman–Crippen MR) is 109 cm³/mol. The van der Waals surface area contributed by atoms with Crippen LogP contribution >= 0.6 is 0 Å². The van der Waals surface area contributed by atoms with Crippen molar-refractivity contribution in [3.8, 4) is 0 Å². The number of Topliss-reactive ketones (excluding diaryl/α,β-unsaturated/α-hetero) is 1. The Labute approximate surface area is 167 Å². The number of quaternary nitrogens is 1. The molecule has 1 saturated heterocycles. The van der Waals surface area contributed by atoms with Crippen molar-refractivity contribution in [1.29, 1.82) is 0 Å². The molecule has 0 amide bonds. The van der Waals surface area contributed by atoms with Crippen LogP contribution in [0.3, 0.4) is 0 Å². The van der Waals surface area contributed by atoms with Crippen LogP contribution in [0.15, 0.2) is 35.2 Å². The van der Waals surface area contributed by atoms with Gasteiger partial charge in [-0.15, -0.1) is 0 Å². The molecule has 3 rings (SSSR count). The van der Waals surface area contributed by atoms with Crippen molar-refractivity contribution in [2.75, 3.05) is 32.7 Å². The van der Waals surface area contributed by atoms with Crippen molar-refractivity contribution in [1.82, 2.24) is 8.87 Å². The van der Waals surface area contributed by atoms with Crippen LogP contribution in [-0.2, 0) is 16.6 Å². The monoisotopic (exact) mass is 404 g/mol. The minimum atomic E-state index is -3.46. The Morgan fingerprint density at radius 2 is 1.68 bits per heavy atom. The fourth-order valence-electron chi connectivity index (χ4n) is 3.97. The smallest absolute Gasteiger partial charge is 0.243 e. The van der Waals surface area contributed by atoms with Gasteiger partial charge in [-0.3, -0.25) is 4.79 Å². The number of carbonyl (C=O) groups is 1.